The van der Waals surface area contributed by atoms with Crippen molar-refractivity contribution in [1.82, 2.24) is 4.90 Å². The number of carbonyl (C=O) groups is 3. The summed E-state index contributed by atoms with van der Waals surface area (Å²) in [5.74, 6) is -0.555. The third-order valence-electron chi connectivity index (χ3n) is 4.31. The minimum absolute atomic E-state index is 0.0511. The van der Waals surface area contributed by atoms with Crippen molar-refractivity contribution in [2.24, 2.45) is 5.92 Å². The van der Waals surface area contributed by atoms with Crippen LogP contribution in [0.2, 0.25) is 0 Å². The fourth-order valence-corrected chi connectivity index (χ4v) is 3.68. The molecule has 0 saturated carbocycles. The number of benzene rings is 1. The van der Waals surface area contributed by atoms with Gasteiger partial charge in [0.05, 0.1) is 7.11 Å². The third kappa shape index (κ3) is 4.98. The number of ether oxygens (including phenoxy) is 1. The Bertz CT molecular complexity index is 675. The molecule has 136 valence electrons. The van der Waals surface area contributed by atoms with Crippen LogP contribution in [0.4, 0.5) is 0 Å². The summed E-state index contributed by atoms with van der Waals surface area (Å²) in [6.07, 6.45) is 1.24. The van der Waals surface area contributed by atoms with Crippen LogP contribution in [0.3, 0.4) is 0 Å². The largest absolute Gasteiger partial charge is 0.497 e. The highest BCUT2D eigenvalue weighted by molar-refractivity contribution is 8.13. The molecule has 0 fully saturated rings. The maximum Gasteiger partial charge on any atom is 0.323 e. The SMILES string of the molecule is COc1ccc2c(c1)CC(N(CC(=O)O)C(=O)C(C)CSC(C)=O)C2. The molecule has 1 aromatic rings. The van der Waals surface area contributed by atoms with E-state index >= 15 is 0 Å². The van der Waals surface area contributed by atoms with Crippen LogP contribution in [0.25, 0.3) is 0 Å². The zero-order chi connectivity index (χ0) is 18.6. The minimum atomic E-state index is -1.03. The van der Waals surface area contributed by atoms with Gasteiger partial charge in [-0.2, -0.15) is 0 Å². The third-order valence-corrected chi connectivity index (χ3v) is 5.39. The van der Waals surface area contributed by atoms with Crippen LogP contribution in [-0.4, -0.2) is 52.4 Å². The normalized spacial score (nSPS) is 16.8. The molecule has 1 aliphatic rings. The Morgan fingerprint density at radius 2 is 2.00 bits per heavy atom. The molecule has 2 unspecified atom stereocenters. The summed E-state index contributed by atoms with van der Waals surface area (Å²) in [5.41, 5.74) is 2.19. The highest BCUT2D eigenvalue weighted by Gasteiger charge is 2.33. The molecule has 0 spiro atoms. The predicted molar refractivity (Wildman–Crippen MR) is 95.8 cm³/mol. The molecule has 0 aliphatic heterocycles. The van der Waals surface area contributed by atoms with Crippen LogP contribution in [0.15, 0.2) is 18.2 Å². The van der Waals surface area contributed by atoms with Gasteiger partial charge >= 0.3 is 5.97 Å². The van der Waals surface area contributed by atoms with Crippen molar-refractivity contribution in [3.8, 4) is 5.75 Å². The Hall–Kier alpha value is -2.02. The number of methoxy groups -OCH3 is 1. The summed E-state index contributed by atoms with van der Waals surface area (Å²) >= 11 is 1.09. The van der Waals surface area contributed by atoms with Crippen molar-refractivity contribution in [1.29, 1.82) is 0 Å². The molecular weight excluding hydrogens is 342 g/mol. The fourth-order valence-electron chi connectivity index (χ4n) is 3.05. The van der Waals surface area contributed by atoms with Gasteiger partial charge in [-0.15, -0.1) is 0 Å². The number of amides is 1. The van der Waals surface area contributed by atoms with E-state index in [2.05, 4.69) is 0 Å². The monoisotopic (exact) mass is 365 g/mol. The first-order valence-electron chi connectivity index (χ1n) is 8.13. The van der Waals surface area contributed by atoms with E-state index in [-0.39, 0.29) is 23.6 Å². The molecule has 2 rings (SSSR count). The molecule has 2 atom stereocenters. The predicted octanol–water partition coefficient (Wildman–Crippen LogP) is 1.99. The van der Waals surface area contributed by atoms with Gasteiger partial charge in [0.1, 0.15) is 12.3 Å². The van der Waals surface area contributed by atoms with Crippen LogP contribution in [0, 0.1) is 5.92 Å². The molecule has 0 heterocycles. The van der Waals surface area contributed by atoms with E-state index in [1.807, 2.05) is 18.2 Å². The van der Waals surface area contributed by atoms with E-state index < -0.39 is 11.9 Å². The Morgan fingerprint density at radius 3 is 2.60 bits per heavy atom. The number of carboxylic acid groups (broad SMARTS) is 1. The molecule has 0 saturated heterocycles. The number of rotatable bonds is 7. The van der Waals surface area contributed by atoms with Crippen molar-refractivity contribution >= 4 is 28.8 Å². The summed E-state index contributed by atoms with van der Waals surface area (Å²) in [5, 5.41) is 9.17. The zero-order valence-electron chi connectivity index (χ0n) is 14.7. The average molecular weight is 365 g/mol. The molecule has 1 aromatic carbocycles. The van der Waals surface area contributed by atoms with Crippen molar-refractivity contribution in [3.05, 3.63) is 29.3 Å². The number of carboxylic acids is 1. The molecule has 1 N–H and O–H groups in total. The van der Waals surface area contributed by atoms with E-state index in [0.29, 0.717) is 18.6 Å². The summed E-state index contributed by atoms with van der Waals surface area (Å²) in [6.45, 7) is 2.86. The second kappa shape index (κ2) is 8.38. The molecule has 0 aromatic heterocycles. The highest BCUT2D eigenvalue weighted by Crippen LogP contribution is 2.30. The smallest absolute Gasteiger partial charge is 0.323 e. The highest BCUT2D eigenvalue weighted by atomic mass is 32.2. The van der Waals surface area contributed by atoms with Crippen LogP contribution in [0.5, 0.6) is 5.75 Å². The Labute approximate surface area is 151 Å². The fraction of sp³-hybridized carbons (Fsp3) is 0.500. The zero-order valence-corrected chi connectivity index (χ0v) is 15.5. The standard InChI is InChI=1S/C18H23NO5S/c1-11(10-25-12(2)20)18(23)19(9-17(21)22)15-6-13-4-5-16(24-3)8-14(13)7-15/h4-5,8,11,15H,6-7,9-10H2,1-3H3,(H,21,22). The summed E-state index contributed by atoms with van der Waals surface area (Å²) < 4.78 is 5.23. The molecular formula is C18H23NO5S. The molecule has 0 radical (unpaired) electrons. The van der Waals surface area contributed by atoms with Gasteiger partial charge in [-0.3, -0.25) is 14.4 Å². The van der Waals surface area contributed by atoms with Crippen LogP contribution in [0.1, 0.15) is 25.0 Å². The topological polar surface area (TPSA) is 83.9 Å². The molecule has 0 bridgehead atoms. The van der Waals surface area contributed by atoms with E-state index in [1.165, 1.54) is 11.8 Å². The Balaban J connectivity index is 2.14. The van der Waals surface area contributed by atoms with Crippen molar-refractivity contribution in [2.75, 3.05) is 19.4 Å². The number of hydrogen-bond donors (Lipinski definition) is 1. The van der Waals surface area contributed by atoms with E-state index in [9.17, 15) is 19.5 Å². The summed E-state index contributed by atoms with van der Waals surface area (Å²) in [7, 11) is 1.60. The molecule has 6 nitrogen and oxygen atoms in total. The Kier molecular flexibility index (Phi) is 6.47. The lowest BCUT2D eigenvalue weighted by atomic mass is 10.1. The molecule has 7 heteroatoms. The second-order valence-electron chi connectivity index (χ2n) is 6.26. The lowest BCUT2D eigenvalue weighted by Gasteiger charge is -2.29. The van der Waals surface area contributed by atoms with Crippen molar-refractivity contribution in [3.63, 3.8) is 0 Å². The van der Waals surface area contributed by atoms with E-state index in [4.69, 9.17) is 4.74 Å². The van der Waals surface area contributed by atoms with Gasteiger partial charge in [-0.05, 0) is 36.1 Å². The number of fused-ring (bicyclic) bond motifs is 1. The first-order chi connectivity index (χ1) is 11.8. The van der Waals surface area contributed by atoms with Crippen molar-refractivity contribution < 1.29 is 24.2 Å². The maximum absolute atomic E-state index is 12.8. The quantitative estimate of drug-likeness (QED) is 0.796. The van der Waals surface area contributed by atoms with Gasteiger partial charge in [0.2, 0.25) is 5.91 Å². The lowest BCUT2D eigenvalue weighted by molar-refractivity contribution is -0.147. The molecule has 1 amide bonds. The number of hydrogen-bond acceptors (Lipinski definition) is 5. The lowest BCUT2D eigenvalue weighted by Crippen LogP contribution is -2.46. The first-order valence-corrected chi connectivity index (χ1v) is 9.11. The maximum atomic E-state index is 12.8. The van der Waals surface area contributed by atoms with Gasteiger partial charge in [-0.1, -0.05) is 24.8 Å². The number of carbonyl (C=O) groups excluding carboxylic acids is 2. The van der Waals surface area contributed by atoms with Gasteiger partial charge in [0.15, 0.2) is 5.12 Å². The Morgan fingerprint density at radius 1 is 1.32 bits per heavy atom. The number of nitrogens with zero attached hydrogens (tertiary/aromatic N) is 1. The number of thioether (sulfide) groups is 1. The summed E-state index contributed by atoms with van der Waals surface area (Å²) in [6, 6.07) is 5.59. The van der Waals surface area contributed by atoms with Crippen LogP contribution in [-0.2, 0) is 27.2 Å². The van der Waals surface area contributed by atoms with E-state index in [0.717, 1.165) is 28.6 Å². The van der Waals surface area contributed by atoms with E-state index in [1.54, 1.807) is 14.0 Å². The minimum Gasteiger partial charge on any atom is -0.497 e. The van der Waals surface area contributed by atoms with Gasteiger partial charge < -0.3 is 14.7 Å². The average Bonchev–Trinajstić information content (AvgIpc) is 2.99. The molecule has 25 heavy (non-hydrogen) atoms. The number of aliphatic carboxylic acids is 1. The summed E-state index contributed by atoms with van der Waals surface area (Å²) in [4.78, 5) is 36.6. The van der Waals surface area contributed by atoms with Gasteiger partial charge in [0.25, 0.3) is 0 Å². The van der Waals surface area contributed by atoms with Crippen LogP contribution < -0.4 is 4.74 Å². The molecule has 1 aliphatic carbocycles. The van der Waals surface area contributed by atoms with Gasteiger partial charge in [-0.25, -0.2) is 0 Å². The second-order valence-corrected chi connectivity index (χ2v) is 7.46. The van der Waals surface area contributed by atoms with Gasteiger partial charge in [0, 0.05) is 24.6 Å². The van der Waals surface area contributed by atoms with Crippen LogP contribution >= 0.6 is 11.8 Å². The van der Waals surface area contributed by atoms with Crippen molar-refractivity contribution in [2.45, 2.75) is 32.7 Å². The first kappa shape index (κ1) is 19.3.